The molecule has 3 atom stereocenters. The van der Waals surface area contributed by atoms with Gasteiger partial charge in [-0.1, -0.05) is 0 Å². The second kappa shape index (κ2) is 2.96. The quantitative estimate of drug-likeness (QED) is 0.614. The highest BCUT2D eigenvalue weighted by Crippen LogP contribution is 2.38. The first-order chi connectivity index (χ1) is 5.33. The van der Waals surface area contributed by atoms with Crippen molar-refractivity contribution in [1.82, 2.24) is 4.90 Å². The Balaban J connectivity index is 2.07. The summed E-state index contributed by atoms with van der Waals surface area (Å²) in [7, 11) is 2.24. The highest BCUT2D eigenvalue weighted by atomic mass is 32.2. The van der Waals surface area contributed by atoms with Crippen molar-refractivity contribution in [3.8, 4) is 0 Å². The molecule has 3 unspecified atom stereocenters. The van der Waals surface area contributed by atoms with Gasteiger partial charge in [0.2, 0.25) is 0 Å². The average molecular weight is 172 g/mol. The first kappa shape index (κ1) is 7.90. The fourth-order valence-corrected chi connectivity index (χ4v) is 4.00. The molecule has 0 aromatic heterocycles. The number of hydrogen-bond acceptors (Lipinski definition) is 3. The van der Waals surface area contributed by atoms with Gasteiger partial charge < -0.3 is 10.6 Å². The molecule has 0 aromatic rings. The van der Waals surface area contributed by atoms with Gasteiger partial charge in [-0.2, -0.15) is 11.8 Å². The van der Waals surface area contributed by atoms with E-state index in [-0.39, 0.29) is 0 Å². The minimum Gasteiger partial charge on any atom is -0.330 e. The predicted molar refractivity (Wildman–Crippen MR) is 49.8 cm³/mol. The third kappa shape index (κ3) is 1.19. The zero-order valence-electron chi connectivity index (χ0n) is 6.99. The summed E-state index contributed by atoms with van der Waals surface area (Å²) >= 11 is 2.09. The molecular weight excluding hydrogens is 156 g/mol. The van der Waals surface area contributed by atoms with E-state index in [9.17, 15) is 0 Å². The molecule has 2 nitrogen and oxygen atoms in total. The van der Waals surface area contributed by atoms with Gasteiger partial charge in [0, 0.05) is 18.3 Å². The first-order valence-electron chi connectivity index (χ1n) is 4.31. The normalized spacial score (nSPS) is 44.7. The maximum Gasteiger partial charge on any atom is 0.0223 e. The van der Waals surface area contributed by atoms with Crippen molar-refractivity contribution in [3.05, 3.63) is 0 Å². The summed E-state index contributed by atoms with van der Waals surface area (Å²) in [5.41, 5.74) is 5.72. The van der Waals surface area contributed by atoms with E-state index >= 15 is 0 Å². The molecule has 2 rings (SSSR count). The largest absolute Gasteiger partial charge is 0.330 e. The fourth-order valence-electron chi connectivity index (χ4n) is 2.35. The first-order valence-corrected chi connectivity index (χ1v) is 5.46. The van der Waals surface area contributed by atoms with Crippen LogP contribution in [0.1, 0.15) is 0 Å². The van der Waals surface area contributed by atoms with Crippen LogP contribution in [0.3, 0.4) is 0 Å². The lowest BCUT2D eigenvalue weighted by atomic mass is 9.94. The van der Waals surface area contributed by atoms with Crippen LogP contribution in [0, 0.1) is 11.8 Å². The fraction of sp³-hybridized carbons (Fsp3) is 1.00. The Morgan fingerprint density at radius 1 is 1.55 bits per heavy atom. The number of hydrogen-bond donors (Lipinski definition) is 1. The second-order valence-electron chi connectivity index (χ2n) is 3.70. The number of thioether (sulfide) groups is 1. The second-order valence-corrected chi connectivity index (χ2v) is 4.78. The molecule has 2 aliphatic rings. The van der Waals surface area contributed by atoms with Crippen LogP contribution in [-0.4, -0.2) is 42.6 Å². The van der Waals surface area contributed by atoms with Crippen LogP contribution in [0.2, 0.25) is 0 Å². The smallest absolute Gasteiger partial charge is 0.0223 e. The summed E-state index contributed by atoms with van der Waals surface area (Å²) in [6.07, 6.45) is 0. The third-order valence-electron chi connectivity index (χ3n) is 3.09. The molecule has 3 heteroatoms. The molecule has 0 amide bonds. The van der Waals surface area contributed by atoms with E-state index in [1.807, 2.05) is 0 Å². The van der Waals surface area contributed by atoms with E-state index < -0.39 is 0 Å². The van der Waals surface area contributed by atoms with E-state index in [0.717, 1.165) is 24.4 Å². The molecule has 0 radical (unpaired) electrons. The number of fused-ring (bicyclic) bond motifs is 1. The van der Waals surface area contributed by atoms with Gasteiger partial charge in [0.25, 0.3) is 0 Å². The molecule has 64 valence electrons. The van der Waals surface area contributed by atoms with E-state index in [0.29, 0.717) is 0 Å². The van der Waals surface area contributed by atoms with Gasteiger partial charge in [-0.3, -0.25) is 0 Å². The standard InChI is InChI=1S/C8H16N2S/c1-10-3-6(2-9)7-4-11-5-8(7)10/h6-8H,2-5,9H2,1H3. The molecule has 2 aliphatic heterocycles. The van der Waals surface area contributed by atoms with Gasteiger partial charge in [-0.05, 0) is 31.2 Å². The predicted octanol–water partition coefficient (Wildman–Crippen LogP) is 0.238. The van der Waals surface area contributed by atoms with Gasteiger partial charge in [-0.15, -0.1) is 0 Å². The van der Waals surface area contributed by atoms with Crippen molar-refractivity contribution in [3.63, 3.8) is 0 Å². The lowest BCUT2D eigenvalue weighted by Gasteiger charge is -2.16. The molecule has 0 bridgehead atoms. The van der Waals surface area contributed by atoms with Gasteiger partial charge >= 0.3 is 0 Å². The zero-order chi connectivity index (χ0) is 7.84. The molecule has 0 aliphatic carbocycles. The lowest BCUT2D eigenvalue weighted by molar-refractivity contribution is 0.315. The summed E-state index contributed by atoms with van der Waals surface area (Å²) in [6.45, 7) is 2.11. The molecule has 0 aromatic carbocycles. The maximum absolute atomic E-state index is 5.72. The summed E-state index contributed by atoms with van der Waals surface area (Å²) in [4.78, 5) is 2.49. The van der Waals surface area contributed by atoms with Gasteiger partial charge in [0.05, 0.1) is 0 Å². The summed E-state index contributed by atoms with van der Waals surface area (Å²) in [6, 6.07) is 0.841. The molecule has 2 saturated heterocycles. The Hall–Kier alpha value is 0.270. The van der Waals surface area contributed by atoms with Crippen LogP contribution in [0.5, 0.6) is 0 Å². The number of nitrogens with two attached hydrogens (primary N) is 1. The molecule has 0 spiro atoms. The Kier molecular flexibility index (Phi) is 2.12. The molecule has 0 saturated carbocycles. The minimum absolute atomic E-state index is 0.778. The third-order valence-corrected chi connectivity index (χ3v) is 4.29. The van der Waals surface area contributed by atoms with Crippen LogP contribution in [0.15, 0.2) is 0 Å². The zero-order valence-corrected chi connectivity index (χ0v) is 7.81. The van der Waals surface area contributed by atoms with Gasteiger partial charge in [0.15, 0.2) is 0 Å². The maximum atomic E-state index is 5.72. The van der Waals surface area contributed by atoms with E-state index in [1.165, 1.54) is 18.1 Å². The molecule has 2 fully saturated rings. The van der Waals surface area contributed by atoms with Gasteiger partial charge in [-0.25, -0.2) is 0 Å². The Labute approximate surface area is 72.5 Å². The minimum atomic E-state index is 0.778. The van der Waals surface area contributed by atoms with E-state index in [2.05, 4.69) is 23.7 Å². The average Bonchev–Trinajstić information content (AvgIpc) is 2.54. The summed E-state index contributed by atoms with van der Waals surface area (Å²) in [5.74, 6) is 4.35. The summed E-state index contributed by atoms with van der Waals surface area (Å²) < 4.78 is 0. The molecule has 11 heavy (non-hydrogen) atoms. The van der Waals surface area contributed by atoms with Crippen LogP contribution in [0.4, 0.5) is 0 Å². The van der Waals surface area contributed by atoms with Crippen molar-refractivity contribution in [2.24, 2.45) is 17.6 Å². The van der Waals surface area contributed by atoms with Gasteiger partial charge in [0.1, 0.15) is 0 Å². The topological polar surface area (TPSA) is 29.3 Å². The highest BCUT2D eigenvalue weighted by molar-refractivity contribution is 7.99. The van der Waals surface area contributed by atoms with Crippen LogP contribution >= 0.6 is 11.8 Å². The van der Waals surface area contributed by atoms with Crippen LogP contribution in [-0.2, 0) is 0 Å². The Bertz CT molecular complexity index is 151. The number of nitrogens with zero attached hydrogens (tertiary/aromatic N) is 1. The van der Waals surface area contributed by atoms with Crippen molar-refractivity contribution < 1.29 is 0 Å². The van der Waals surface area contributed by atoms with Crippen molar-refractivity contribution in [2.75, 3.05) is 31.6 Å². The van der Waals surface area contributed by atoms with Crippen molar-refractivity contribution in [2.45, 2.75) is 6.04 Å². The molecule has 2 heterocycles. The number of likely N-dealkylation sites (tertiary alicyclic amines) is 1. The van der Waals surface area contributed by atoms with E-state index in [4.69, 9.17) is 5.73 Å². The Morgan fingerprint density at radius 2 is 2.36 bits per heavy atom. The Morgan fingerprint density at radius 3 is 3.09 bits per heavy atom. The van der Waals surface area contributed by atoms with E-state index in [1.54, 1.807) is 0 Å². The van der Waals surface area contributed by atoms with Crippen LogP contribution < -0.4 is 5.73 Å². The highest BCUT2D eigenvalue weighted by Gasteiger charge is 2.42. The van der Waals surface area contributed by atoms with Crippen molar-refractivity contribution in [1.29, 1.82) is 0 Å². The molecule has 2 N–H and O–H groups in total. The monoisotopic (exact) mass is 172 g/mol. The SMILES string of the molecule is CN1CC(CN)C2CSCC21. The number of rotatable bonds is 1. The molecular formula is C8H16N2S. The lowest BCUT2D eigenvalue weighted by Crippen LogP contribution is -2.28. The van der Waals surface area contributed by atoms with Crippen LogP contribution in [0.25, 0.3) is 0 Å². The van der Waals surface area contributed by atoms with Crippen molar-refractivity contribution >= 4 is 11.8 Å². The summed E-state index contributed by atoms with van der Waals surface area (Å²) in [5, 5.41) is 0.